The van der Waals surface area contributed by atoms with E-state index >= 15 is 0 Å². The molecule has 0 spiro atoms. The molecular formula is C7H9ClF3N3O. The van der Waals surface area contributed by atoms with Gasteiger partial charge in [0.2, 0.25) is 0 Å². The lowest BCUT2D eigenvalue weighted by Crippen LogP contribution is -2.20. The van der Waals surface area contributed by atoms with Gasteiger partial charge in [0.25, 0.3) is 5.56 Å². The van der Waals surface area contributed by atoms with Gasteiger partial charge in [-0.2, -0.15) is 13.2 Å². The predicted molar refractivity (Wildman–Crippen MR) is 49.9 cm³/mol. The molecule has 0 atom stereocenters. The van der Waals surface area contributed by atoms with Crippen LogP contribution in [0.3, 0.4) is 0 Å². The molecule has 0 amide bonds. The van der Waals surface area contributed by atoms with Gasteiger partial charge in [0.05, 0.1) is 0 Å². The number of nitrogens with zero attached hydrogens (tertiary/aromatic N) is 1. The molecule has 1 heterocycles. The zero-order chi connectivity index (χ0) is 10.8. The number of alkyl halides is 3. The first-order chi connectivity index (χ1) is 6.43. The quantitative estimate of drug-likeness (QED) is 0.804. The van der Waals surface area contributed by atoms with Crippen molar-refractivity contribution in [3.8, 4) is 0 Å². The van der Waals surface area contributed by atoms with Gasteiger partial charge in [-0.05, 0) is 6.54 Å². The van der Waals surface area contributed by atoms with Crippen molar-refractivity contribution in [3.05, 3.63) is 27.9 Å². The maximum Gasteiger partial charge on any atom is 0.433 e. The molecule has 0 saturated heterocycles. The molecule has 1 aromatic heterocycles. The van der Waals surface area contributed by atoms with Crippen LogP contribution in [-0.2, 0) is 12.6 Å². The molecule has 1 aromatic rings. The molecule has 0 aliphatic rings. The highest BCUT2D eigenvalue weighted by atomic mass is 35.5. The number of hydrogen-bond donors (Lipinski definition) is 2. The Kier molecular flexibility index (Phi) is 4.76. The molecule has 0 aliphatic carbocycles. The Morgan fingerprint density at radius 2 is 2.07 bits per heavy atom. The van der Waals surface area contributed by atoms with E-state index in [9.17, 15) is 18.0 Å². The molecule has 3 N–H and O–H groups in total. The number of halogens is 4. The summed E-state index contributed by atoms with van der Waals surface area (Å²) in [5.74, 6) is -0.0488. The van der Waals surface area contributed by atoms with Crippen molar-refractivity contribution < 1.29 is 13.2 Å². The van der Waals surface area contributed by atoms with Gasteiger partial charge in [-0.25, -0.2) is 4.98 Å². The second kappa shape index (κ2) is 5.13. The monoisotopic (exact) mass is 243 g/mol. The third-order valence-electron chi connectivity index (χ3n) is 1.46. The topological polar surface area (TPSA) is 71.8 Å². The van der Waals surface area contributed by atoms with Gasteiger partial charge in [-0.15, -0.1) is 12.4 Å². The number of nitrogens with one attached hydrogen (secondary N) is 1. The van der Waals surface area contributed by atoms with Gasteiger partial charge in [-0.1, -0.05) is 0 Å². The number of nitrogens with two attached hydrogens (primary N) is 1. The highest BCUT2D eigenvalue weighted by Gasteiger charge is 2.33. The minimum absolute atomic E-state index is 0. The van der Waals surface area contributed by atoms with E-state index in [0.717, 1.165) is 0 Å². The van der Waals surface area contributed by atoms with Gasteiger partial charge in [0.1, 0.15) is 5.82 Å². The molecule has 0 fully saturated rings. The van der Waals surface area contributed by atoms with Crippen molar-refractivity contribution in [2.24, 2.45) is 5.73 Å². The van der Waals surface area contributed by atoms with Crippen molar-refractivity contribution in [1.29, 1.82) is 0 Å². The molecule has 0 unspecified atom stereocenters. The fourth-order valence-corrected chi connectivity index (χ4v) is 0.908. The average molecular weight is 244 g/mol. The molecule has 0 radical (unpaired) electrons. The Labute approximate surface area is 89.1 Å². The summed E-state index contributed by atoms with van der Waals surface area (Å²) in [7, 11) is 0. The van der Waals surface area contributed by atoms with Gasteiger partial charge < -0.3 is 10.7 Å². The molecule has 86 valence electrons. The Balaban J connectivity index is 0.00000196. The summed E-state index contributed by atoms with van der Waals surface area (Å²) in [6.07, 6.45) is -4.49. The van der Waals surface area contributed by atoms with Crippen LogP contribution in [0.2, 0.25) is 0 Å². The number of hydrogen-bond acceptors (Lipinski definition) is 3. The second-order valence-corrected chi connectivity index (χ2v) is 2.61. The van der Waals surface area contributed by atoms with Crippen LogP contribution in [-0.4, -0.2) is 16.5 Å². The van der Waals surface area contributed by atoms with Crippen LogP contribution in [0.4, 0.5) is 13.2 Å². The fourth-order valence-electron chi connectivity index (χ4n) is 0.908. The van der Waals surface area contributed by atoms with Crippen LogP contribution in [0.25, 0.3) is 0 Å². The molecule has 4 nitrogen and oxygen atoms in total. The molecule has 0 bridgehead atoms. The van der Waals surface area contributed by atoms with E-state index in [4.69, 9.17) is 5.73 Å². The van der Waals surface area contributed by atoms with Crippen molar-refractivity contribution in [3.63, 3.8) is 0 Å². The first-order valence-corrected chi connectivity index (χ1v) is 3.81. The third-order valence-corrected chi connectivity index (χ3v) is 1.46. The van der Waals surface area contributed by atoms with Crippen LogP contribution >= 0.6 is 12.4 Å². The Morgan fingerprint density at radius 1 is 1.47 bits per heavy atom. The standard InChI is InChI=1S/C7H8F3N3O.ClH/c8-7(9,10)4-3-6(14)13-5(12-4)1-2-11;/h3H,1-2,11H2,(H,12,13,14);1H. The first kappa shape index (κ1) is 13.9. The Morgan fingerprint density at radius 3 is 2.53 bits per heavy atom. The molecule has 1 rings (SSSR count). The third kappa shape index (κ3) is 3.88. The van der Waals surface area contributed by atoms with E-state index < -0.39 is 17.4 Å². The summed E-state index contributed by atoms with van der Waals surface area (Å²) >= 11 is 0. The van der Waals surface area contributed by atoms with Gasteiger partial charge in [-0.3, -0.25) is 4.79 Å². The summed E-state index contributed by atoms with van der Waals surface area (Å²) in [6.45, 7) is 0.129. The highest BCUT2D eigenvalue weighted by Crippen LogP contribution is 2.26. The normalized spacial score (nSPS) is 10.9. The summed E-state index contributed by atoms with van der Waals surface area (Å²) in [6, 6.07) is 0.417. The first-order valence-electron chi connectivity index (χ1n) is 3.81. The smallest absolute Gasteiger partial charge is 0.330 e. The number of aromatic amines is 1. The molecule has 0 aromatic carbocycles. The lowest BCUT2D eigenvalue weighted by molar-refractivity contribution is -0.141. The molecule has 8 heteroatoms. The van der Waals surface area contributed by atoms with E-state index in [1.165, 1.54) is 0 Å². The Hall–Kier alpha value is -1.08. The van der Waals surface area contributed by atoms with Crippen molar-refractivity contribution >= 4 is 12.4 Å². The molecule has 0 aliphatic heterocycles. The zero-order valence-electron chi connectivity index (χ0n) is 7.47. The maximum atomic E-state index is 12.1. The SMILES string of the molecule is Cl.NCCc1nc(C(F)(F)F)cc(=O)[nH]1. The minimum atomic E-state index is -4.60. The minimum Gasteiger partial charge on any atom is -0.330 e. The van der Waals surface area contributed by atoms with E-state index in [0.29, 0.717) is 6.07 Å². The average Bonchev–Trinajstić information content (AvgIpc) is 2.02. The van der Waals surface area contributed by atoms with E-state index in [-0.39, 0.29) is 31.2 Å². The molecule has 0 saturated carbocycles. The van der Waals surface area contributed by atoms with Crippen molar-refractivity contribution in [2.75, 3.05) is 6.54 Å². The molecular weight excluding hydrogens is 235 g/mol. The van der Waals surface area contributed by atoms with Crippen LogP contribution in [0.15, 0.2) is 10.9 Å². The number of aromatic nitrogens is 2. The number of H-pyrrole nitrogens is 1. The van der Waals surface area contributed by atoms with Crippen LogP contribution in [0, 0.1) is 0 Å². The fraction of sp³-hybridized carbons (Fsp3) is 0.429. The lowest BCUT2D eigenvalue weighted by Gasteiger charge is -2.06. The van der Waals surface area contributed by atoms with E-state index in [1.807, 2.05) is 0 Å². The van der Waals surface area contributed by atoms with Gasteiger partial charge in [0.15, 0.2) is 5.69 Å². The van der Waals surface area contributed by atoms with Crippen molar-refractivity contribution in [1.82, 2.24) is 9.97 Å². The molecule has 15 heavy (non-hydrogen) atoms. The van der Waals surface area contributed by atoms with E-state index in [1.54, 1.807) is 0 Å². The highest BCUT2D eigenvalue weighted by molar-refractivity contribution is 5.85. The van der Waals surface area contributed by atoms with Crippen LogP contribution < -0.4 is 11.3 Å². The number of rotatable bonds is 2. The summed E-state index contributed by atoms with van der Waals surface area (Å²) in [4.78, 5) is 16.2. The van der Waals surface area contributed by atoms with Crippen LogP contribution in [0.1, 0.15) is 11.5 Å². The van der Waals surface area contributed by atoms with Gasteiger partial charge in [0, 0.05) is 12.5 Å². The summed E-state index contributed by atoms with van der Waals surface area (Å²) in [5.41, 5.74) is 3.11. The van der Waals surface area contributed by atoms with Crippen molar-refractivity contribution in [2.45, 2.75) is 12.6 Å². The lowest BCUT2D eigenvalue weighted by atomic mass is 10.3. The Bertz CT molecular complexity index is 376. The van der Waals surface area contributed by atoms with Gasteiger partial charge >= 0.3 is 6.18 Å². The summed E-state index contributed by atoms with van der Waals surface area (Å²) < 4.78 is 36.4. The zero-order valence-corrected chi connectivity index (χ0v) is 8.28. The summed E-state index contributed by atoms with van der Waals surface area (Å²) in [5, 5.41) is 0. The van der Waals surface area contributed by atoms with Crippen LogP contribution in [0.5, 0.6) is 0 Å². The van der Waals surface area contributed by atoms with E-state index in [2.05, 4.69) is 9.97 Å². The predicted octanol–water partition coefficient (Wildman–Crippen LogP) is 0.712. The second-order valence-electron chi connectivity index (χ2n) is 2.61. The largest absolute Gasteiger partial charge is 0.433 e. The maximum absolute atomic E-state index is 12.1.